The second kappa shape index (κ2) is 12.4. The van der Waals surface area contributed by atoms with Crippen LogP contribution in [-0.4, -0.2) is 71.6 Å². The van der Waals surface area contributed by atoms with Gasteiger partial charge < -0.3 is 24.8 Å². The van der Waals surface area contributed by atoms with Gasteiger partial charge in [0.15, 0.2) is 27.4 Å². The Balaban J connectivity index is 1.53. The summed E-state index contributed by atoms with van der Waals surface area (Å²) >= 11 is 0. The van der Waals surface area contributed by atoms with E-state index in [1.165, 1.54) is 37.4 Å². The number of hydrogen-bond donors (Lipinski definition) is 1. The average molecular weight is 632 g/mol. The first-order chi connectivity index (χ1) is 21.5. The van der Waals surface area contributed by atoms with Gasteiger partial charge in [-0.25, -0.2) is 22.8 Å². The van der Waals surface area contributed by atoms with Gasteiger partial charge in [-0.15, -0.1) is 0 Å². The summed E-state index contributed by atoms with van der Waals surface area (Å²) < 4.78 is 42.0. The van der Waals surface area contributed by atoms with Crippen LogP contribution in [0.4, 0.5) is 4.79 Å². The largest absolute Gasteiger partial charge is 0.458 e. The molecular weight excluding hydrogens is 602 g/mol. The van der Waals surface area contributed by atoms with E-state index in [2.05, 4.69) is 11.6 Å². The summed E-state index contributed by atoms with van der Waals surface area (Å²) in [5.74, 6) is -2.46. The zero-order valence-electron chi connectivity index (χ0n) is 24.1. The number of rotatable bonds is 10. The normalized spacial score (nSPS) is 22.3. The van der Waals surface area contributed by atoms with Crippen molar-refractivity contribution >= 4 is 39.9 Å². The molecule has 3 atom stereocenters. The van der Waals surface area contributed by atoms with Gasteiger partial charge in [-0.05, 0) is 36.3 Å². The number of β-lactam (4-membered cyclic amide) rings is 1. The third-order valence-corrected chi connectivity index (χ3v) is 10.3. The Kier molecular flexibility index (Phi) is 8.55. The summed E-state index contributed by atoms with van der Waals surface area (Å²) in [5, 5.41) is -1.59. The lowest BCUT2D eigenvalue weighted by atomic mass is 9.93. The maximum absolute atomic E-state index is 14.1. The Bertz CT molecular complexity index is 1750. The lowest BCUT2D eigenvalue weighted by Crippen LogP contribution is -2.60. The second-order valence-corrected chi connectivity index (χ2v) is 13.0. The summed E-state index contributed by atoms with van der Waals surface area (Å²) in [6.07, 6.45) is 1.73. The molecule has 0 spiro atoms. The van der Waals surface area contributed by atoms with Crippen LogP contribution in [0.15, 0.2) is 97.2 Å². The summed E-state index contributed by atoms with van der Waals surface area (Å²) in [4.78, 5) is 56.5. The van der Waals surface area contributed by atoms with Crippen LogP contribution in [0.5, 0.6) is 0 Å². The number of aromatic nitrogens is 1. The van der Waals surface area contributed by atoms with Gasteiger partial charge in [-0.2, -0.15) is 0 Å². The Morgan fingerprint density at radius 2 is 1.67 bits per heavy atom. The minimum atomic E-state index is -4.45. The summed E-state index contributed by atoms with van der Waals surface area (Å²) in [7, 11) is -4.45. The Morgan fingerprint density at radius 1 is 1.04 bits per heavy atom. The number of benzene rings is 2. The molecule has 3 heterocycles. The van der Waals surface area contributed by atoms with Crippen molar-refractivity contribution in [2.24, 2.45) is 5.73 Å². The fourth-order valence-electron chi connectivity index (χ4n) is 5.39. The van der Waals surface area contributed by atoms with Gasteiger partial charge in [-0.1, -0.05) is 73.3 Å². The number of carbonyl (C=O) groups excluding carboxylic acids is 4. The first-order valence-electron chi connectivity index (χ1n) is 13.7. The molecule has 2 amide bonds. The van der Waals surface area contributed by atoms with Crippen LogP contribution in [0.1, 0.15) is 40.2 Å². The first kappa shape index (κ1) is 31.1. The molecule has 2 saturated heterocycles. The number of primary amides is 1. The van der Waals surface area contributed by atoms with Crippen LogP contribution in [0.25, 0.3) is 6.08 Å². The van der Waals surface area contributed by atoms with Crippen LogP contribution in [-0.2, 0) is 33.6 Å². The standard InChI is InChI=1S/C32H29N3O9S/c1-3-16-42-29(37)22-14-15-34-23(17-22)18-24-27(36)35-26(32(2,19-43-31(33)39)45(40,41)28(24)35)30(38)44-25(20-10-6-4-7-11-20)21-12-8-5-9-13-21/h3-15,17-18,25-26,28H,1,16,19H2,2H3,(H2,33,39)/b24-18-/t26-,28?,32?/m0/s1. The van der Waals surface area contributed by atoms with Crippen molar-refractivity contribution in [1.29, 1.82) is 0 Å². The lowest BCUT2D eigenvalue weighted by molar-refractivity contribution is -0.161. The number of hydrogen-bond acceptors (Lipinski definition) is 10. The highest BCUT2D eigenvalue weighted by atomic mass is 32.2. The number of esters is 2. The molecule has 1 aromatic heterocycles. The van der Waals surface area contributed by atoms with Crippen LogP contribution >= 0.6 is 0 Å². The van der Waals surface area contributed by atoms with Crippen LogP contribution in [0, 0.1) is 0 Å². The van der Waals surface area contributed by atoms with E-state index in [1.807, 2.05) is 0 Å². The van der Waals surface area contributed by atoms with Crippen molar-refractivity contribution in [3.63, 3.8) is 0 Å². The molecule has 0 saturated carbocycles. The summed E-state index contributed by atoms with van der Waals surface area (Å²) in [5.41, 5.74) is 6.42. The summed E-state index contributed by atoms with van der Waals surface area (Å²) in [6, 6.07) is 18.7. The molecule has 3 aromatic rings. The Labute approximate surface area is 259 Å². The van der Waals surface area contributed by atoms with Gasteiger partial charge in [-0.3, -0.25) is 9.78 Å². The predicted octanol–water partition coefficient (Wildman–Crippen LogP) is 2.96. The molecule has 2 aromatic carbocycles. The molecule has 2 N–H and O–H groups in total. The average Bonchev–Trinajstić information content (AvgIpc) is 3.21. The molecule has 12 nitrogen and oxygen atoms in total. The molecule has 13 heteroatoms. The van der Waals surface area contributed by atoms with E-state index in [-0.39, 0.29) is 23.4 Å². The van der Waals surface area contributed by atoms with Crippen LogP contribution in [0.2, 0.25) is 0 Å². The zero-order chi connectivity index (χ0) is 32.4. The number of sulfone groups is 1. The van der Waals surface area contributed by atoms with Crippen molar-refractivity contribution < 1.29 is 41.8 Å². The fraction of sp³-hybridized carbons (Fsp3) is 0.219. The van der Waals surface area contributed by atoms with Gasteiger partial charge >= 0.3 is 18.0 Å². The number of pyridine rings is 1. The van der Waals surface area contributed by atoms with Crippen molar-refractivity contribution in [3.8, 4) is 0 Å². The highest BCUT2D eigenvalue weighted by molar-refractivity contribution is 7.94. The number of carbonyl (C=O) groups is 4. The zero-order valence-corrected chi connectivity index (χ0v) is 24.9. The molecule has 0 bridgehead atoms. The maximum atomic E-state index is 14.1. The maximum Gasteiger partial charge on any atom is 0.404 e. The van der Waals surface area contributed by atoms with E-state index in [9.17, 15) is 27.6 Å². The molecule has 2 fully saturated rings. The minimum absolute atomic E-state index is 0.0236. The topological polar surface area (TPSA) is 172 Å². The van der Waals surface area contributed by atoms with Gasteiger partial charge in [0.05, 0.1) is 16.8 Å². The molecule has 2 aliphatic heterocycles. The van der Waals surface area contributed by atoms with Crippen molar-refractivity contribution in [2.75, 3.05) is 13.2 Å². The number of ether oxygens (including phenoxy) is 3. The molecule has 0 radical (unpaired) electrons. The second-order valence-electron chi connectivity index (χ2n) is 10.5. The SMILES string of the molecule is C=CCOC(=O)c1ccnc(/C=C2/C(=O)N3C2S(=O)(=O)C(C)(COC(N)=O)[C@@H]3C(=O)OC(c2ccccc2)c2ccccc2)c1. The molecule has 0 aliphatic carbocycles. The quantitative estimate of drug-likeness (QED) is 0.115. The van der Waals surface area contributed by atoms with Gasteiger partial charge in [0.1, 0.15) is 18.0 Å². The number of nitrogens with two attached hydrogens (primary N) is 1. The smallest absolute Gasteiger partial charge is 0.404 e. The molecule has 2 unspecified atom stereocenters. The molecule has 2 aliphatic rings. The lowest BCUT2D eigenvalue weighted by Gasteiger charge is -2.39. The molecule has 45 heavy (non-hydrogen) atoms. The summed E-state index contributed by atoms with van der Waals surface area (Å²) in [6.45, 7) is 3.85. The van der Waals surface area contributed by atoms with Crippen LogP contribution < -0.4 is 5.73 Å². The third kappa shape index (κ3) is 5.69. The minimum Gasteiger partial charge on any atom is -0.458 e. The monoisotopic (exact) mass is 631 g/mol. The first-order valence-corrected chi connectivity index (χ1v) is 15.3. The Morgan fingerprint density at radius 3 is 2.24 bits per heavy atom. The van der Waals surface area contributed by atoms with E-state index in [0.717, 1.165) is 4.90 Å². The van der Waals surface area contributed by atoms with Gasteiger partial charge in [0.25, 0.3) is 5.91 Å². The van der Waals surface area contributed by atoms with Gasteiger partial charge in [0.2, 0.25) is 0 Å². The number of amides is 2. The van der Waals surface area contributed by atoms with E-state index in [4.69, 9.17) is 19.9 Å². The fourth-order valence-corrected chi connectivity index (χ4v) is 7.66. The molecular formula is C32H29N3O9S. The molecule has 5 rings (SSSR count). The van der Waals surface area contributed by atoms with Crippen molar-refractivity contribution in [1.82, 2.24) is 9.88 Å². The van der Waals surface area contributed by atoms with Crippen LogP contribution in [0.3, 0.4) is 0 Å². The van der Waals surface area contributed by atoms with Crippen molar-refractivity contribution in [3.05, 3.63) is 120 Å². The third-order valence-electron chi connectivity index (χ3n) is 7.62. The van der Waals surface area contributed by atoms with E-state index in [1.54, 1.807) is 60.7 Å². The van der Waals surface area contributed by atoms with E-state index in [0.29, 0.717) is 11.1 Å². The van der Waals surface area contributed by atoms with E-state index >= 15 is 0 Å². The predicted molar refractivity (Wildman–Crippen MR) is 161 cm³/mol. The highest BCUT2D eigenvalue weighted by Gasteiger charge is 2.73. The highest BCUT2D eigenvalue weighted by Crippen LogP contribution is 2.50. The van der Waals surface area contributed by atoms with Crippen molar-refractivity contribution in [2.45, 2.75) is 29.2 Å². The number of fused-ring (bicyclic) bond motifs is 1. The van der Waals surface area contributed by atoms with E-state index < -0.39 is 62.6 Å². The number of nitrogens with zero attached hydrogens (tertiary/aromatic N) is 2. The molecule has 232 valence electrons. The Hall–Kier alpha value is -5.30. The van der Waals surface area contributed by atoms with Gasteiger partial charge in [0, 0.05) is 6.20 Å².